The second-order valence-corrected chi connectivity index (χ2v) is 11.0. The first-order valence-corrected chi connectivity index (χ1v) is 13.5. The number of anilines is 1. The minimum atomic E-state index is -1.58. The predicted octanol–water partition coefficient (Wildman–Crippen LogP) is 4.67. The van der Waals surface area contributed by atoms with Crippen molar-refractivity contribution >= 4 is 17.6 Å². The molecule has 208 valence electrons. The molecule has 0 aliphatic carbocycles. The van der Waals surface area contributed by atoms with Gasteiger partial charge >= 0.3 is 12.0 Å². The molecule has 3 aliphatic rings. The third kappa shape index (κ3) is 2.99. The largest absolute Gasteiger partial charge is 0.480 e. The van der Waals surface area contributed by atoms with Gasteiger partial charge in [0.15, 0.2) is 5.69 Å². The number of aryl methyl sites for hydroxylation is 3. The van der Waals surface area contributed by atoms with Crippen LogP contribution in [0, 0.1) is 20.8 Å². The summed E-state index contributed by atoms with van der Waals surface area (Å²) < 4.78 is 18.9. The van der Waals surface area contributed by atoms with E-state index in [1.807, 2.05) is 63.5 Å². The Morgan fingerprint density at radius 2 is 1.71 bits per heavy atom. The van der Waals surface area contributed by atoms with Crippen LogP contribution in [0.2, 0.25) is 0 Å². The number of carbonyl (C=O) groups excluding carboxylic acids is 2. The number of hydrogen-bond donors (Lipinski definition) is 0. The van der Waals surface area contributed by atoms with Gasteiger partial charge in [-0.3, -0.25) is 9.69 Å². The molecule has 7 rings (SSSR count). The number of carbonyl (C=O) groups is 2. The van der Waals surface area contributed by atoms with E-state index in [1.165, 1.54) is 14.2 Å². The van der Waals surface area contributed by atoms with E-state index in [4.69, 9.17) is 19.2 Å². The van der Waals surface area contributed by atoms with Gasteiger partial charge in [-0.1, -0.05) is 35.9 Å². The Morgan fingerprint density at radius 3 is 2.44 bits per heavy atom. The van der Waals surface area contributed by atoms with Gasteiger partial charge < -0.3 is 18.8 Å². The number of cyclic esters (lactones) is 1. The molecule has 5 heterocycles. The van der Waals surface area contributed by atoms with Crippen molar-refractivity contribution in [3.05, 3.63) is 70.2 Å². The van der Waals surface area contributed by atoms with Crippen molar-refractivity contribution in [1.29, 1.82) is 0 Å². The Labute approximate surface area is 236 Å². The number of ether oxygens (including phenoxy) is 3. The highest BCUT2D eigenvalue weighted by Gasteiger charge is 2.66. The fraction of sp³-hybridized carbons (Fsp3) is 0.323. The van der Waals surface area contributed by atoms with E-state index in [1.54, 1.807) is 11.1 Å². The first kappa shape index (κ1) is 25.3. The normalized spacial score (nSPS) is 21.9. The topological polar surface area (TPSA) is 109 Å². The molecule has 1 amide bonds. The average molecular weight is 552 g/mol. The van der Waals surface area contributed by atoms with Crippen LogP contribution in [0.4, 0.5) is 5.69 Å². The molecule has 10 nitrogen and oxygen atoms in total. The Kier molecular flexibility index (Phi) is 5.17. The number of fused-ring (bicyclic) bond motifs is 4. The third-order valence-corrected chi connectivity index (χ3v) is 8.66. The highest BCUT2D eigenvalue weighted by atomic mass is 16.5. The zero-order valence-corrected chi connectivity index (χ0v) is 23.9. The van der Waals surface area contributed by atoms with E-state index in [2.05, 4.69) is 16.0 Å². The first-order valence-electron chi connectivity index (χ1n) is 13.5. The van der Waals surface area contributed by atoms with Crippen molar-refractivity contribution in [2.75, 3.05) is 19.1 Å². The van der Waals surface area contributed by atoms with E-state index in [9.17, 15) is 9.59 Å². The summed E-state index contributed by atoms with van der Waals surface area (Å²) in [6, 6.07) is 9.80. The molecule has 0 fully saturated rings. The zero-order chi connectivity index (χ0) is 29.0. The van der Waals surface area contributed by atoms with Gasteiger partial charge in [-0.2, -0.15) is 4.98 Å². The molecule has 0 saturated heterocycles. The van der Waals surface area contributed by atoms with Crippen molar-refractivity contribution in [2.24, 2.45) is 0 Å². The van der Waals surface area contributed by atoms with Crippen LogP contribution in [0.15, 0.2) is 36.5 Å². The van der Waals surface area contributed by atoms with E-state index in [0.717, 1.165) is 27.8 Å². The number of methoxy groups -OCH3 is 2. The second kappa shape index (κ2) is 8.39. The lowest BCUT2D eigenvalue weighted by atomic mass is 9.75. The number of imidazole rings is 1. The average Bonchev–Trinajstić information content (AvgIpc) is 3.45. The molecule has 10 heteroatoms. The zero-order valence-electron chi connectivity index (χ0n) is 23.9. The van der Waals surface area contributed by atoms with Gasteiger partial charge in [-0.05, 0) is 51.3 Å². The molecule has 2 aromatic heterocycles. The number of aromatic nitrogens is 4. The number of rotatable bonds is 3. The molecular formula is C31H29N5O5. The third-order valence-electron chi connectivity index (χ3n) is 8.66. The molecule has 3 unspecified atom stereocenters. The van der Waals surface area contributed by atoms with Gasteiger partial charge in [-0.25, -0.2) is 14.8 Å². The molecule has 0 bridgehead atoms. The van der Waals surface area contributed by atoms with Gasteiger partial charge in [0.05, 0.1) is 37.2 Å². The van der Waals surface area contributed by atoms with Crippen LogP contribution in [-0.4, -0.2) is 51.7 Å². The number of amides is 1. The number of esters is 1. The maximum absolute atomic E-state index is 14.6. The molecule has 0 N–H and O–H groups in total. The Hall–Kier alpha value is -4.73. The molecule has 3 atom stereocenters. The summed E-state index contributed by atoms with van der Waals surface area (Å²) in [5.74, 6) is -0.222. The van der Waals surface area contributed by atoms with Crippen molar-refractivity contribution in [3.8, 4) is 34.4 Å². The molecule has 41 heavy (non-hydrogen) atoms. The smallest absolute Gasteiger partial charge is 0.343 e. The van der Waals surface area contributed by atoms with E-state index in [0.29, 0.717) is 28.3 Å². The summed E-state index contributed by atoms with van der Waals surface area (Å²) in [6.07, 6.45) is 1.03. The monoisotopic (exact) mass is 551 g/mol. The first-order chi connectivity index (χ1) is 19.6. The molecule has 0 radical (unpaired) electrons. The second-order valence-electron chi connectivity index (χ2n) is 11.0. The SMILES string of the molecule is COc1ncc(-c2nc3c4n2C(C)C(C)OC(=O)C42c4ccc(C)cc4-c4c(C)ccc(C)c4N2C3=O)c(OC)n1. The van der Waals surface area contributed by atoms with Crippen LogP contribution >= 0.6 is 0 Å². The van der Waals surface area contributed by atoms with Gasteiger partial charge in [-0.15, -0.1) is 0 Å². The van der Waals surface area contributed by atoms with Crippen molar-refractivity contribution in [2.45, 2.75) is 52.3 Å². The van der Waals surface area contributed by atoms with Gasteiger partial charge in [0, 0.05) is 17.3 Å². The van der Waals surface area contributed by atoms with Gasteiger partial charge in [0.2, 0.25) is 11.4 Å². The molecule has 1 spiro atoms. The van der Waals surface area contributed by atoms with Crippen molar-refractivity contribution in [3.63, 3.8) is 0 Å². The highest BCUT2D eigenvalue weighted by molar-refractivity contribution is 6.22. The van der Waals surface area contributed by atoms with Crippen molar-refractivity contribution < 1.29 is 23.8 Å². The van der Waals surface area contributed by atoms with Crippen LogP contribution < -0.4 is 14.4 Å². The number of hydrogen-bond acceptors (Lipinski definition) is 8. The van der Waals surface area contributed by atoms with Gasteiger partial charge in [0.25, 0.3) is 5.91 Å². The van der Waals surface area contributed by atoms with Crippen molar-refractivity contribution in [1.82, 2.24) is 19.5 Å². The minimum absolute atomic E-state index is 0.137. The summed E-state index contributed by atoms with van der Waals surface area (Å²) in [6.45, 7) is 9.82. The summed E-state index contributed by atoms with van der Waals surface area (Å²) in [7, 11) is 2.97. The quantitative estimate of drug-likeness (QED) is 0.338. The molecule has 4 aromatic rings. The lowest BCUT2D eigenvalue weighted by Crippen LogP contribution is -2.54. The fourth-order valence-electron chi connectivity index (χ4n) is 6.62. The Morgan fingerprint density at radius 1 is 0.951 bits per heavy atom. The van der Waals surface area contributed by atoms with E-state index in [-0.39, 0.29) is 29.5 Å². The summed E-state index contributed by atoms with van der Waals surface area (Å²) in [4.78, 5) is 44.4. The van der Waals surface area contributed by atoms with Crippen LogP contribution in [0.5, 0.6) is 11.9 Å². The molecule has 0 saturated carbocycles. The molecule has 2 aromatic carbocycles. The van der Waals surface area contributed by atoms with Crippen LogP contribution in [0.3, 0.4) is 0 Å². The lowest BCUT2D eigenvalue weighted by Gasteiger charge is -2.43. The standard InChI is InChI=1S/C31H29N5O5/c1-14-8-11-21-19(12-14)22-15(2)9-10-16(3)24(22)36-28(37)23-25-31(21,36)29(38)41-18(5)17(4)35(25)26(33-23)20-13-32-30(40-7)34-27(20)39-6/h8-13,17-18H,1-7H3. The molecule has 3 aliphatic heterocycles. The fourth-order valence-corrected chi connectivity index (χ4v) is 6.62. The van der Waals surface area contributed by atoms with Crippen LogP contribution in [-0.2, 0) is 15.1 Å². The molecular weight excluding hydrogens is 522 g/mol. The lowest BCUT2D eigenvalue weighted by molar-refractivity contribution is -0.153. The number of benzene rings is 2. The van der Waals surface area contributed by atoms with Crippen LogP contribution in [0.25, 0.3) is 22.5 Å². The minimum Gasteiger partial charge on any atom is -0.480 e. The van der Waals surface area contributed by atoms with Crippen LogP contribution in [0.1, 0.15) is 58.3 Å². The van der Waals surface area contributed by atoms with E-state index >= 15 is 0 Å². The maximum atomic E-state index is 14.6. The van der Waals surface area contributed by atoms with E-state index < -0.39 is 17.6 Å². The predicted molar refractivity (Wildman–Crippen MR) is 150 cm³/mol. The number of nitrogens with zero attached hydrogens (tertiary/aromatic N) is 5. The highest BCUT2D eigenvalue weighted by Crippen LogP contribution is 2.59. The maximum Gasteiger partial charge on any atom is 0.343 e. The summed E-state index contributed by atoms with van der Waals surface area (Å²) >= 11 is 0. The van der Waals surface area contributed by atoms with Gasteiger partial charge in [0.1, 0.15) is 11.9 Å². The summed E-state index contributed by atoms with van der Waals surface area (Å²) in [5.41, 5.74) is 5.72. The summed E-state index contributed by atoms with van der Waals surface area (Å²) in [5, 5.41) is 0. The Balaban J connectivity index is 1.64. The Bertz CT molecular complexity index is 1830.